The summed E-state index contributed by atoms with van der Waals surface area (Å²) in [6, 6.07) is 15.6. The highest BCUT2D eigenvalue weighted by Crippen LogP contribution is 2.19. The van der Waals surface area contributed by atoms with Crippen LogP contribution in [0.4, 0.5) is 11.4 Å². The molecule has 1 aliphatic rings. The van der Waals surface area contributed by atoms with Crippen molar-refractivity contribution in [2.75, 3.05) is 42.9 Å². The van der Waals surface area contributed by atoms with Crippen LogP contribution in [0, 0.1) is 6.92 Å². The van der Waals surface area contributed by atoms with Crippen LogP contribution in [0.5, 0.6) is 0 Å². The van der Waals surface area contributed by atoms with Gasteiger partial charge in [0.15, 0.2) is 5.11 Å². The van der Waals surface area contributed by atoms with E-state index in [-0.39, 0.29) is 5.91 Å². The number of rotatable bonds is 4. The van der Waals surface area contributed by atoms with Gasteiger partial charge in [0.1, 0.15) is 0 Å². The molecule has 1 fully saturated rings. The van der Waals surface area contributed by atoms with Crippen molar-refractivity contribution in [3.8, 4) is 0 Å². The van der Waals surface area contributed by atoms with E-state index in [0.717, 1.165) is 44.0 Å². The molecule has 3 rings (SSSR count). The van der Waals surface area contributed by atoms with Gasteiger partial charge in [-0.25, -0.2) is 0 Å². The van der Waals surface area contributed by atoms with Gasteiger partial charge >= 0.3 is 0 Å². The summed E-state index contributed by atoms with van der Waals surface area (Å²) in [6.07, 6.45) is 0. The second-order valence-electron chi connectivity index (χ2n) is 6.69. The van der Waals surface area contributed by atoms with E-state index in [1.165, 1.54) is 5.69 Å². The van der Waals surface area contributed by atoms with Gasteiger partial charge < -0.3 is 15.1 Å². The zero-order valence-electron chi connectivity index (χ0n) is 15.9. The number of nitrogens with zero attached hydrogens (tertiary/aromatic N) is 2. The fourth-order valence-corrected chi connectivity index (χ4v) is 3.45. The third kappa shape index (κ3) is 5.05. The molecule has 1 saturated heterocycles. The predicted molar refractivity (Wildman–Crippen MR) is 116 cm³/mol. The van der Waals surface area contributed by atoms with Crippen LogP contribution in [0.15, 0.2) is 48.5 Å². The third-order valence-corrected chi connectivity index (χ3v) is 5.13. The second kappa shape index (κ2) is 8.97. The molecule has 0 unspecified atom stereocenters. The molecule has 27 heavy (non-hydrogen) atoms. The minimum absolute atomic E-state index is 0.198. The molecule has 0 saturated carbocycles. The molecule has 5 nitrogen and oxygen atoms in total. The van der Waals surface area contributed by atoms with E-state index in [2.05, 4.69) is 39.5 Å². The molecule has 0 spiro atoms. The zero-order valence-corrected chi connectivity index (χ0v) is 16.7. The molecule has 1 aliphatic heterocycles. The van der Waals surface area contributed by atoms with Crippen LogP contribution >= 0.6 is 12.2 Å². The monoisotopic (exact) mass is 382 g/mol. The molecule has 0 aliphatic carbocycles. The Morgan fingerprint density at radius 1 is 1.04 bits per heavy atom. The average Bonchev–Trinajstić information content (AvgIpc) is 2.69. The number of carbonyl (C=O) groups is 1. The Hall–Kier alpha value is -2.44. The maximum Gasteiger partial charge on any atom is 0.257 e. The number of aryl methyl sites for hydroxylation is 1. The van der Waals surface area contributed by atoms with E-state index in [1.54, 1.807) is 6.07 Å². The summed E-state index contributed by atoms with van der Waals surface area (Å²) in [6.45, 7) is 9.53. The lowest BCUT2D eigenvalue weighted by molar-refractivity contribution is 0.0977. The minimum atomic E-state index is -0.198. The van der Waals surface area contributed by atoms with Crippen molar-refractivity contribution < 1.29 is 4.79 Å². The zero-order chi connectivity index (χ0) is 19.2. The van der Waals surface area contributed by atoms with Crippen LogP contribution < -0.4 is 15.5 Å². The van der Waals surface area contributed by atoms with E-state index in [1.807, 2.05) is 37.3 Å². The normalized spacial score (nSPS) is 14.7. The van der Waals surface area contributed by atoms with Crippen LogP contribution in [0.2, 0.25) is 0 Å². The van der Waals surface area contributed by atoms with E-state index >= 15 is 0 Å². The van der Waals surface area contributed by atoms with Crippen molar-refractivity contribution in [1.29, 1.82) is 0 Å². The van der Waals surface area contributed by atoms with Crippen LogP contribution in [-0.2, 0) is 0 Å². The summed E-state index contributed by atoms with van der Waals surface area (Å²) in [5, 5.41) is 6.12. The lowest BCUT2D eigenvalue weighted by Gasteiger charge is -2.35. The first-order chi connectivity index (χ1) is 13.1. The van der Waals surface area contributed by atoms with Crippen molar-refractivity contribution in [2.24, 2.45) is 0 Å². The lowest BCUT2D eigenvalue weighted by Crippen LogP contribution is -2.46. The van der Waals surface area contributed by atoms with E-state index < -0.39 is 0 Å². The maximum absolute atomic E-state index is 12.3. The summed E-state index contributed by atoms with van der Waals surface area (Å²) in [7, 11) is 0. The van der Waals surface area contributed by atoms with Gasteiger partial charge in [-0.2, -0.15) is 0 Å². The first kappa shape index (κ1) is 19.3. The number of benzene rings is 2. The lowest BCUT2D eigenvalue weighted by atomic mass is 10.1. The van der Waals surface area contributed by atoms with Gasteiger partial charge in [0.25, 0.3) is 5.91 Å². The summed E-state index contributed by atoms with van der Waals surface area (Å²) < 4.78 is 0. The van der Waals surface area contributed by atoms with Gasteiger partial charge in [-0.15, -0.1) is 0 Å². The fourth-order valence-electron chi connectivity index (χ4n) is 3.24. The molecule has 2 N–H and O–H groups in total. The van der Waals surface area contributed by atoms with Gasteiger partial charge in [-0.05, 0) is 61.6 Å². The number of hydrogen-bond acceptors (Lipinski definition) is 4. The number of thiocarbonyl (C=S) groups is 1. The third-order valence-electron chi connectivity index (χ3n) is 4.93. The van der Waals surface area contributed by atoms with Crippen molar-refractivity contribution in [2.45, 2.75) is 13.8 Å². The van der Waals surface area contributed by atoms with Gasteiger partial charge in [-0.3, -0.25) is 10.1 Å². The minimum Gasteiger partial charge on any atom is -0.369 e. The molecule has 142 valence electrons. The van der Waals surface area contributed by atoms with Crippen molar-refractivity contribution in [3.63, 3.8) is 0 Å². The molecule has 2 aromatic carbocycles. The van der Waals surface area contributed by atoms with E-state index in [9.17, 15) is 4.79 Å². The Bertz CT molecular complexity index is 798. The molecular formula is C21H26N4OS. The maximum atomic E-state index is 12.3. The molecule has 1 amide bonds. The largest absolute Gasteiger partial charge is 0.369 e. The summed E-state index contributed by atoms with van der Waals surface area (Å²) in [4.78, 5) is 17.2. The van der Waals surface area contributed by atoms with Crippen LogP contribution in [0.3, 0.4) is 0 Å². The average molecular weight is 383 g/mol. The topological polar surface area (TPSA) is 47.6 Å². The highest BCUT2D eigenvalue weighted by molar-refractivity contribution is 7.80. The quantitative estimate of drug-likeness (QED) is 0.795. The first-order valence-corrected chi connectivity index (χ1v) is 9.73. The van der Waals surface area contributed by atoms with E-state index in [0.29, 0.717) is 10.7 Å². The smallest absolute Gasteiger partial charge is 0.257 e. The number of anilines is 2. The number of nitrogens with one attached hydrogen (secondary N) is 2. The SMILES string of the molecule is CCN1CCN(c2ccc(NC(=S)NC(=O)c3ccccc3C)cc2)CC1. The fraction of sp³-hybridized carbons (Fsp3) is 0.333. The van der Waals surface area contributed by atoms with Crippen molar-refractivity contribution >= 4 is 34.6 Å². The molecule has 0 aromatic heterocycles. The van der Waals surface area contributed by atoms with Crippen molar-refractivity contribution in [1.82, 2.24) is 10.2 Å². The molecular weight excluding hydrogens is 356 g/mol. The predicted octanol–water partition coefficient (Wildman–Crippen LogP) is 3.26. The molecule has 2 aromatic rings. The number of amides is 1. The number of hydrogen-bond donors (Lipinski definition) is 2. The van der Waals surface area contributed by atoms with Gasteiger partial charge in [-0.1, -0.05) is 25.1 Å². The number of likely N-dealkylation sites (N-methyl/N-ethyl adjacent to an activating group) is 1. The Labute approximate surface area is 166 Å². The summed E-state index contributed by atoms with van der Waals surface area (Å²) >= 11 is 5.28. The van der Waals surface area contributed by atoms with Crippen LogP contribution in [0.25, 0.3) is 0 Å². The number of carbonyl (C=O) groups excluding carboxylic acids is 1. The van der Waals surface area contributed by atoms with Crippen LogP contribution in [-0.4, -0.2) is 48.6 Å². The summed E-state index contributed by atoms with van der Waals surface area (Å²) in [5.41, 5.74) is 3.63. The highest BCUT2D eigenvalue weighted by atomic mass is 32.1. The van der Waals surface area contributed by atoms with Crippen molar-refractivity contribution in [3.05, 3.63) is 59.7 Å². The molecule has 0 radical (unpaired) electrons. The summed E-state index contributed by atoms with van der Waals surface area (Å²) in [5.74, 6) is -0.198. The molecule has 1 heterocycles. The molecule has 0 atom stereocenters. The molecule has 0 bridgehead atoms. The Kier molecular flexibility index (Phi) is 6.42. The van der Waals surface area contributed by atoms with Gasteiger partial charge in [0.05, 0.1) is 0 Å². The Balaban J connectivity index is 1.54. The van der Waals surface area contributed by atoms with Gasteiger partial charge in [0.2, 0.25) is 0 Å². The van der Waals surface area contributed by atoms with Crippen LogP contribution in [0.1, 0.15) is 22.8 Å². The Morgan fingerprint density at radius 2 is 1.70 bits per heavy atom. The second-order valence-corrected chi connectivity index (χ2v) is 7.10. The molecule has 6 heteroatoms. The van der Waals surface area contributed by atoms with Gasteiger partial charge in [0, 0.05) is 43.1 Å². The van der Waals surface area contributed by atoms with E-state index in [4.69, 9.17) is 12.2 Å². The first-order valence-electron chi connectivity index (χ1n) is 9.32. The highest BCUT2D eigenvalue weighted by Gasteiger charge is 2.16. The Morgan fingerprint density at radius 3 is 2.33 bits per heavy atom. The standard InChI is InChI=1S/C21H26N4OS/c1-3-24-12-14-25(15-13-24)18-10-8-17(9-11-18)22-21(27)23-20(26)19-7-5-4-6-16(19)2/h4-11H,3,12-15H2,1-2H3,(H2,22,23,26,27). The number of piperazine rings is 1.